The van der Waals surface area contributed by atoms with Crippen molar-refractivity contribution in [2.75, 3.05) is 30.8 Å². The van der Waals surface area contributed by atoms with Crippen molar-refractivity contribution in [2.45, 2.75) is 20.5 Å². The molecule has 0 aliphatic carbocycles. The van der Waals surface area contributed by atoms with Crippen LogP contribution in [0.15, 0.2) is 65.8 Å². The van der Waals surface area contributed by atoms with Gasteiger partial charge in [-0.1, -0.05) is 29.8 Å². The number of amides is 1. The molecule has 3 rings (SSSR count). The third-order valence-corrected chi connectivity index (χ3v) is 6.61. The first kappa shape index (κ1) is 28.8. The van der Waals surface area contributed by atoms with E-state index >= 15 is 0 Å². The minimum Gasteiger partial charge on any atom is -0.495 e. The van der Waals surface area contributed by atoms with Gasteiger partial charge in [0.05, 0.1) is 31.9 Å². The Hall–Kier alpha value is -3.76. The van der Waals surface area contributed by atoms with Crippen LogP contribution >= 0.6 is 11.6 Å². The lowest BCUT2D eigenvalue weighted by Gasteiger charge is -2.23. The average molecular weight is 560 g/mol. The highest BCUT2D eigenvalue weighted by Gasteiger charge is 2.24. The summed E-state index contributed by atoms with van der Waals surface area (Å²) in [6.45, 7) is 3.94. The second-order valence-corrected chi connectivity index (χ2v) is 10.6. The fourth-order valence-corrected chi connectivity index (χ4v) is 4.57. The van der Waals surface area contributed by atoms with Crippen LogP contribution < -0.4 is 23.9 Å². The summed E-state index contributed by atoms with van der Waals surface area (Å²) >= 11 is 6.04. The van der Waals surface area contributed by atoms with Crippen LogP contribution in [-0.2, 0) is 21.4 Å². The van der Waals surface area contributed by atoms with Gasteiger partial charge in [0.25, 0.3) is 5.91 Å². The van der Waals surface area contributed by atoms with E-state index < -0.39 is 22.5 Å². The fraction of sp³-hybridized carbons (Fsp3) is 0.259. The topological polar surface area (TPSA) is 107 Å². The minimum atomic E-state index is -3.78. The number of hydrazone groups is 1. The molecule has 0 aliphatic heterocycles. The lowest BCUT2D eigenvalue weighted by atomic mass is 10.2. The number of hydrogen-bond donors (Lipinski definition) is 1. The molecule has 0 saturated carbocycles. The van der Waals surface area contributed by atoms with E-state index in [2.05, 4.69) is 10.5 Å². The van der Waals surface area contributed by atoms with Crippen LogP contribution in [0.2, 0.25) is 5.02 Å². The van der Waals surface area contributed by atoms with Crippen LogP contribution in [0, 0.1) is 6.92 Å². The van der Waals surface area contributed by atoms with Crippen LogP contribution in [0.1, 0.15) is 23.6 Å². The van der Waals surface area contributed by atoms with Crippen molar-refractivity contribution in [1.29, 1.82) is 0 Å². The van der Waals surface area contributed by atoms with Crippen LogP contribution in [0.3, 0.4) is 0 Å². The van der Waals surface area contributed by atoms with Crippen molar-refractivity contribution < 1.29 is 27.4 Å². The summed E-state index contributed by atoms with van der Waals surface area (Å²) in [5, 5.41) is 4.60. The van der Waals surface area contributed by atoms with E-state index in [9.17, 15) is 13.2 Å². The molecule has 0 atom stereocenters. The number of aryl methyl sites for hydroxylation is 1. The van der Waals surface area contributed by atoms with Gasteiger partial charge in [0, 0.05) is 5.02 Å². The van der Waals surface area contributed by atoms with Crippen molar-refractivity contribution in [1.82, 2.24) is 5.43 Å². The zero-order valence-electron chi connectivity index (χ0n) is 21.6. The molecule has 0 aliphatic rings. The summed E-state index contributed by atoms with van der Waals surface area (Å²) in [5.41, 5.74) is 5.02. The molecule has 202 valence electrons. The molecule has 0 heterocycles. The monoisotopic (exact) mass is 559 g/mol. The Bertz CT molecular complexity index is 1410. The SMILES string of the molecule is CCOc1cc(/C=N\NC(=O)CN(c2cc(C)ccc2OC)S(C)(=O)=O)ccc1OCc1cccc(Cl)c1. The number of nitrogens with one attached hydrogen (secondary N) is 1. The molecular formula is C27H30ClN3O6S. The van der Waals surface area contributed by atoms with Crippen LogP contribution in [0.4, 0.5) is 5.69 Å². The Morgan fingerprint density at radius 2 is 1.82 bits per heavy atom. The predicted octanol–water partition coefficient (Wildman–Crippen LogP) is 4.55. The standard InChI is InChI=1S/C27H30ClN3O6S/c1-5-36-26-15-20(10-12-25(26)37-18-21-7-6-8-22(28)14-21)16-29-30-27(32)17-31(38(4,33)34)23-13-19(2)9-11-24(23)35-3/h6-16H,5,17-18H2,1-4H3,(H,30,32)/b29-16-. The van der Waals surface area contributed by atoms with E-state index in [4.69, 9.17) is 25.8 Å². The number of anilines is 1. The molecule has 0 aromatic heterocycles. The third kappa shape index (κ3) is 8.12. The number of carbonyl (C=O) groups is 1. The molecular weight excluding hydrogens is 530 g/mol. The van der Waals surface area contributed by atoms with Crippen molar-refractivity contribution >= 4 is 39.4 Å². The molecule has 0 saturated heterocycles. The molecule has 0 spiro atoms. The van der Waals surface area contributed by atoms with Gasteiger partial charge in [0.2, 0.25) is 10.0 Å². The van der Waals surface area contributed by atoms with Crippen molar-refractivity contribution in [3.05, 3.63) is 82.4 Å². The van der Waals surface area contributed by atoms with E-state index in [1.165, 1.54) is 13.3 Å². The first-order valence-electron chi connectivity index (χ1n) is 11.7. The fourth-order valence-electron chi connectivity index (χ4n) is 3.50. The molecule has 0 unspecified atom stereocenters. The lowest BCUT2D eigenvalue weighted by Crippen LogP contribution is -2.39. The molecule has 0 radical (unpaired) electrons. The number of methoxy groups -OCH3 is 1. The number of hydrogen-bond acceptors (Lipinski definition) is 7. The van der Waals surface area contributed by atoms with Gasteiger partial charge in [0.15, 0.2) is 11.5 Å². The number of carbonyl (C=O) groups excluding carboxylic acids is 1. The summed E-state index contributed by atoms with van der Waals surface area (Å²) in [7, 11) is -2.35. The van der Waals surface area contributed by atoms with Gasteiger partial charge in [-0.15, -0.1) is 0 Å². The normalized spacial score (nSPS) is 11.3. The van der Waals surface area contributed by atoms with Gasteiger partial charge in [0.1, 0.15) is 18.9 Å². The first-order chi connectivity index (χ1) is 18.1. The first-order valence-corrected chi connectivity index (χ1v) is 13.9. The number of sulfonamides is 1. The Labute approximate surface area is 228 Å². The summed E-state index contributed by atoms with van der Waals surface area (Å²) in [4.78, 5) is 12.6. The van der Waals surface area contributed by atoms with Crippen LogP contribution in [0.5, 0.6) is 17.2 Å². The molecule has 11 heteroatoms. The lowest BCUT2D eigenvalue weighted by molar-refractivity contribution is -0.119. The van der Waals surface area contributed by atoms with Crippen molar-refractivity contribution in [3.63, 3.8) is 0 Å². The molecule has 1 amide bonds. The predicted molar refractivity (Wildman–Crippen MR) is 149 cm³/mol. The smallest absolute Gasteiger partial charge is 0.260 e. The van der Waals surface area contributed by atoms with Gasteiger partial charge in [-0.3, -0.25) is 9.10 Å². The van der Waals surface area contributed by atoms with E-state index in [-0.39, 0.29) is 5.69 Å². The summed E-state index contributed by atoms with van der Waals surface area (Å²) < 4.78 is 42.8. The van der Waals surface area contributed by atoms with Crippen molar-refractivity contribution in [3.8, 4) is 17.2 Å². The minimum absolute atomic E-state index is 0.267. The highest BCUT2D eigenvalue weighted by molar-refractivity contribution is 7.92. The van der Waals surface area contributed by atoms with Crippen molar-refractivity contribution in [2.24, 2.45) is 5.10 Å². The van der Waals surface area contributed by atoms with E-state index in [0.717, 1.165) is 21.7 Å². The van der Waals surface area contributed by atoms with Gasteiger partial charge >= 0.3 is 0 Å². The number of nitrogens with zero attached hydrogens (tertiary/aromatic N) is 2. The molecule has 1 N–H and O–H groups in total. The summed E-state index contributed by atoms with van der Waals surface area (Å²) in [6.07, 6.45) is 2.45. The van der Waals surface area contributed by atoms with Crippen LogP contribution in [-0.4, -0.2) is 47.1 Å². The Kier molecular flexibility index (Phi) is 9.98. The third-order valence-electron chi connectivity index (χ3n) is 5.24. The maximum Gasteiger partial charge on any atom is 0.260 e. The van der Waals surface area contributed by atoms with E-state index in [1.54, 1.807) is 42.5 Å². The zero-order valence-corrected chi connectivity index (χ0v) is 23.2. The van der Waals surface area contributed by atoms with Gasteiger partial charge in [-0.05, 0) is 73.0 Å². The Morgan fingerprint density at radius 1 is 1.05 bits per heavy atom. The summed E-state index contributed by atoms with van der Waals surface area (Å²) in [5.74, 6) is 0.767. The van der Waals surface area contributed by atoms with Gasteiger partial charge in [-0.25, -0.2) is 13.8 Å². The average Bonchev–Trinajstić information content (AvgIpc) is 2.86. The quantitative estimate of drug-likeness (QED) is 0.258. The molecule has 0 bridgehead atoms. The Balaban J connectivity index is 1.69. The molecule has 3 aromatic carbocycles. The highest BCUT2D eigenvalue weighted by atomic mass is 35.5. The Morgan fingerprint density at radius 3 is 2.50 bits per heavy atom. The molecule has 0 fully saturated rings. The van der Waals surface area contributed by atoms with Gasteiger partial charge < -0.3 is 14.2 Å². The van der Waals surface area contributed by atoms with E-state index in [1.807, 2.05) is 32.0 Å². The van der Waals surface area contributed by atoms with Crippen LogP contribution in [0.25, 0.3) is 0 Å². The largest absolute Gasteiger partial charge is 0.495 e. The second kappa shape index (κ2) is 13.2. The zero-order chi connectivity index (χ0) is 27.7. The number of benzene rings is 3. The maximum absolute atomic E-state index is 12.6. The number of rotatable bonds is 12. The molecule has 3 aromatic rings. The number of ether oxygens (including phenoxy) is 3. The van der Waals surface area contributed by atoms with Gasteiger partial charge in [-0.2, -0.15) is 5.10 Å². The van der Waals surface area contributed by atoms with E-state index in [0.29, 0.717) is 41.0 Å². The molecule has 9 nitrogen and oxygen atoms in total. The maximum atomic E-state index is 12.6. The highest BCUT2D eigenvalue weighted by Crippen LogP contribution is 2.31. The number of halogens is 1. The second-order valence-electron chi connectivity index (χ2n) is 8.30. The molecule has 38 heavy (non-hydrogen) atoms. The summed E-state index contributed by atoms with van der Waals surface area (Å²) in [6, 6.07) is 17.7.